The molecule has 2 N–H and O–H groups in total. The highest BCUT2D eigenvalue weighted by molar-refractivity contribution is 7.12. The molecule has 0 saturated heterocycles. The number of benzene rings is 2. The molecule has 1 aliphatic rings. The fourth-order valence-corrected chi connectivity index (χ4v) is 4.38. The average Bonchev–Trinajstić information content (AvgIpc) is 3.32. The first kappa shape index (κ1) is 21.1. The van der Waals surface area contributed by atoms with Crippen molar-refractivity contribution in [1.29, 1.82) is 0 Å². The first-order valence-corrected chi connectivity index (χ1v) is 11.1. The van der Waals surface area contributed by atoms with Gasteiger partial charge in [-0.05, 0) is 59.7 Å². The van der Waals surface area contributed by atoms with Crippen LogP contribution in [-0.2, 0) is 22.6 Å². The van der Waals surface area contributed by atoms with E-state index in [2.05, 4.69) is 10.6 Å². The number of amides is 3. The Morgan fingerprint density at radius 2 is 1.87 bits per heavy atom. The number of carbonyl (C=O) groups is 3. The Kier molecular flexibility index (Phi) is 6.34. The van der Waals surface area contributed by atoms with Gasteiger partial charge >= 0.3 is 11.8 Å². The van der Waals surface area contributed by atoms with Crippen LogP contribution in [-0.4, -0.2) is 24.3 Å². The fraction of sp³-hybridized carbons (Fsp3) is 0.174. The third kappa shape index (κ3) is 4.78. The summed E-state index contributed by atoms with van der Waals surface area (Å²) in [7, 11) is 0. The molecule has 4 rings (SSSR count). The maximum Gasteiger partial charge on any atom is 0.313 e. The summed E-state index contributed by atoms with van der Waals surface area (Å²) in [6, 6.07) is 16.1. The largest absolute Gasteiger partial charge is 0.344 e. The van der Waals surface area contributed by atoms with Crippen LogP contribution < -0.4 is 15.5 Å². The number of nitrogens with zero attached hydrogens (tertiary/aromatic N) is 1. The number of thiophene rings is 1. The molecule has 0 unspecified atom stereocenters. The van der Waals surface area contributed by atoms with Gasteiger partial charge in [-0.25, -0.2) is 0 Å². The summed E-state index contributed by atoms with van der Waals surface area (Å²) in [6.07, 6.45) is 1.63. The van der Waals surface area contributed by atoms with Crippen molar-refractivity contribution in [2.24, 2.45) is 0 Å². The van der Waals surface area contributed by atoms with Gasteiger partial charge in [0.1, 0.15) is 0 Å². The van der Waals surface area contributed by atoms with Crippen LogP contribution in [0.1, 0.15) is 27.2 Å². The molecular weight excluding hydrogens is 434 g/mol. The highest BCUT2D eigenvalue weighted by Crippen LogP contribution is 2.31. The highest BCUT2D eigenvalue weighted by Gasteiger charge is 2.25. The van der Waals surface area contributed by atoms with Gasteiger partial charge in [0.15, 0.2) is 0 Å². The summed E-state index contributed by atoms with van der Waals surface area (Å²) >= 11 is 7.49. The first-order valence-electron chi connectivity index (χ1n) is 9.84. The van der Waals surface area contributed by atoms with Crippen LogP contribution in [0, 0.1) is 0 Å². The molecule has 2 heterocycles. The van der Waals surface area contributed by atoms with Crippen molar-refractivity contribution in [1.82, 2.24) is 5.32 Å². The maximum atomic E-state index is 12.8. The van der Waals surface area contributed by atoms with Crippen molar-refractivity contribution in [3.8, 4) is 0 Å². The maximum absolute atomic E-state index is 12.8. The van der Waals surface area contributed by atoms with E-state index in [0.717, 1.165) is 29.7 Å². The zero-order valence-corrected chi connectivity index (χ0v) is 18.1. The predicted molar refractivity (Wildman–Crippen MR) is 123 cm³/mol. The summed E-state index contributed by atoms with van der Waals surface area (Å²) in [4.78, 5) is 39.7. The second-order valence-corrected chi connectivity index (χ2v) is 8.46. The predicted octanol–water partition coefficient (Wildman–Crippen LogP) is 4.25. The monoisotopic (exact) mass is 453 g/mol. The van der Waals surface area contributed by atoms with Crippen molar-refractivity contribution < 1.29 is 14.4 Å². The molecule has 1 aliphatic heterocycles. The van der Waals surface area contributed by atoms with Crippen LogP contribution in [0.3, 0.4) is 0 Å². The number of halogens is 1. The summed E-state index contributed by atoms with van der Waals surface area (Å²) in [5.41, 5.74) is 3.05. The van der Waals surface area contributed by atoms with Crippen LogP contribution in [0.25, 0.3) is 0 Å². The Balaban J connectivity index is 1.41. The standard InChI is InChI=1S/C23H20ClN3O3S/c24-18-7-2-1-5-16(18)14-25-21(28)22(29)26-17-9-10-19-15(13-17)6-3-11-27(19)23(30)20-8-4-12-31-20/h1-2,4-5,7-10,12-13H,3,6,11,14H2,(H,25,28)(H,26,29). The number of fused-ring (bicyclic) bond motifs is 1. The van der Waals surface area contributed by atoms with Gasteiger partial charge < -0.3 is 15.5 Å². The summed E-state index contributed by atoms with van der Waals surface area (Å²) < 4.78 is 0. The molecule has 158 valence electrons. The Hall–Kier alpha value is -3.16. The molecule has 3 aromatic rings. The minimum atomic E-state index is -0.755. The lowest BCUT2D eigenvalue weighted by atomic mass is 10.0. The van der Waals surface area contributed by atoms with Crippen molar-refractivity contribution >= 4 is 52.0 Å². The summed E-state index contributed by atoms with van der Waals surface area (Å²) in [6.45, 7) is 0.815. The third-order valence-corrected chi connectivity index (χ3v) is 6.26. The molecule has 0 fully saturated rings. The van der Waals surface area contributed by atoms with E-state index in [9.17, 15) is 14.4 Å². The molecule has 0 radical (unpaired) electrons. The van der Waals surface area contributed by atoms with Gasteiger partial charge in [-0.3, -0.25) is 14.4 Å². The van der Waals surface area contributed by atoms with Crippen LogP contribution >= 0.6 is 22.9 Å². The second-order valence-electron chi connectivity index (χ2n) is 7.11. The quantitative estimate of drug-likeness (QED) is 0.579. The van der Waals surface area contributed by atoms with Crippen LogP contribution in [0.2, 0.25) is 5.02 Å². The lowest BCUT2D eigenvalue weighted by Gasteiger charge is -2.29. The molecule has 6 nitrogen and oxygen atoms in total. The number of aryl methyl sites for hydroxylation is 1. The number of anilines is 2. The fourth-order valence-electron chi connectivity index (χ4n) is 3.50. The molecule has 31 heavy (non-hydrogen) atoms. The third-order valence-electron chi connectivity index (χ3n) is 5.04. The highest BCUT2D eigenvalue weighted by atomic mass is 35.5. The molecular formula is C23H20ClN3O3S. The van der Waals surface area contributed by atoms with Crippen LogP contribution in [0.4, 0.5) is 11.4 Å². The van der Waals surface area contributed by atoms with Gasteiger partial charge in [0.05, 0.1) is 4.88 Å². The van der Waals surface area contributed by atoms with Gasteiger partial charge in [0.2, 0.25) is 0 Å². The molecule has 2 aromatic carbocycles. The molecule has 0 atom stereocenters. The summed E-state index contributed by atoms with van der Waals surface area (Å²) in [5, 5.41) is 7.61. The van der Waals surface area contributed by atoms with Crippen molar-refractivity contribution in [3.05, 3.63) is 81.0 Å². The van der Waals surface area contributed by atoms with Crippen molar-refractivity contribution in [2.45, 2.75) is 19.4 Å². The van der Waals surface area contributed by atoms with Gasteiger partial charge in [-0.1, -0.05) is 35.9 Å². The first-order chi connectivity index (χ1) is 15.0. The van der Waals surface area contributed by atoms with E-state index >= 15 is 0 Å². The van der Waals surface area contributed by atoms with Crippen molar-refractivity contribution in [3.63, 3.8) is 0 Å². The van der Waals surface area contributed by atoms with Crippen molar-refractivity contribution in [2.75, 3.05) is 16.8 Å². The Morgan fingerprint density at radius 3 is 2.65 bits per heavy atom. The Labute approximate surface area is 188 Å². The van der Waals surface area contributed by atoms with Gasteiger partial charge in [-0.15, -0.1) is 11.3 Å². The molecule has 0 saturated carbocycles. The van der Waals surface area contributed by atoms with Crippen LogP contribution in [0.5, 0.6) is 0 Å². The number of carbonyl (C=O) groups excluding carboxylic acids is 3. The van der Waals surface area contributed by atoms with E-state index in [0.29, 0.717) is 22.1 Å². The Morgan fingerprint density at radius 1 is 1.03 bits per heavy atom. The lowest BCUT2D eigenvalue weighted by Crippen LogP contribution is -2.36. The Bertz CT molecular complexity index is 1130. The smallest absolute Gasteiger partial charge is 0.313 e. The van der Waals surface area contributed by atoms with Gasteiger partial charge in [-0.2, -0.15) is 0 Å². The normalized spacial score (nSPS) is 12.7. The van der Waals surface area contributed by atoms with Gasteiger partial charge in [0.25, 0.3) is 5.91 Å². The van der Waals surface area contributed by atoms with E-state index < -0.39 is 11.8 Å². The molecule has 8 heteroatoms. The zero-order valence-electron chi connectivity index (χ0n) is 16.6. The van der Waals surface area contributed by atoms with E-state index in [1.54, 1.807) is 29.2 Å². The average molecular weight is 454 g/mol. The topological polar surface area (TPSA) is 78.5 Å². The molecule has 0 spiro atoms. The number of rotatable bonds is 4. The van der Waals surface area contributed by atoms with E-state index in [1.807, 2.05) is 35.7 Å². The number of nitrogens with one attached hydrogen (secondary N) is 2. The zero-order chi connectivity index (χ0) is 21.8. The van der Waals surface area contributed by atoms with Gasteiger partial charge in [0, 0.05) is 29.5 Å². The molecule has 3 amide bonds. The number of hydrogen-bond acceptors (Lipinski definition) is 4. The lowest BCUT2D eigenvalue weighted by molar-refractivity contribution is -0.136. The van der Waals surface area contributed by atoms with E-state index in [-0.39, 0.29) is 12.5 Å². The van der Waals surface area contributed by atoms with Crippen LogP contribution in [0.15, 0.2) is 60.0 Å². The molecule has 0 aliphatic carbocycles. The van der Waals surface area contributed by atoms with E-state index in [4.69, 9.17) is 11.6 Å². The number of hydrogen-bond donors (Lipinski definition) is 2. The summed E-state index contributed by atoms with van der Waals surface area (Å²) in [5.74, 6) is -1.52. The minimum Gasteiger partial charge on any atom is -0.344 e. The molecule has 0 bridgehead atoms. The minimum absolute atomic E-state index is 0.0216. The van der Waals surface area contributed by atoms with E-state index in [1.165, 1.54) is 11.3 Å². The molecule has 1 aromatic heterocycles. The SMILES string of the molecule is O=C(NCc1ccccc1Cl)C(=O)Nc1ccc2c(c1)CCCN2C(=O)c1cccs1. The second kappa shape index (κ2) is 9.32.